The smallest absolute Gasteiger partial charge is 0.310 e. The number of halogens is 1. The van der Waals surface area contributed by atoms with E-state index in [1.54, 1.807) is 27.0 Å². The second-order valence-corrected chi connectivity index (χ2v) is 8.80. The summed E-state index contributed by atoms with van der Waals surface area (Å²) in [5.74, 6) is 0.537. The summed E-state index contributed by atoms with van der Waals surface area (Å²) in [5, 5.41) is 0.673. The number of para-hydroxylation sites is 1. The summed E-state index contributed by atoms with van der Waals surface area (Å²) >= 11 is 0. The molecule has 0 saturated heterocycles. The Hall–Kier alpha value is -3.23. The third kappa shape index (κ3) is 5.46. The molecule has 2 aromatic carbocycles. The van der Waals surface area contributed by atoms with Crippen molar-refractivity contribution >= 4 is 5.97 Å². The molecule has 3 rings (SSSR count). The molecule has 0 aliphatic heterocycles. The highest BCUT2D eigenvalue weighted by Gasteiger charge is 2.31. The molecule has 3 aromatic rings. The number of nitrogens with zero attached hydrogens (tertiary/aromatic N) is 3. The largest absolute Gasteiger partial charge is 0.490 e. The number of esters is 1. The highest BCUT2D eigenvalue weighted by Crippen LogP contribution is 2.38. The Balaban J connectivity index is 1.92. The van der Waals surface area contributed by atoms with Gasteiger partial charge < -0.3 is 15.2 Å². The van der Waals surface area contributed by atoms with Crippen molar-refractivity contribution in [1.82, 2.24) is 14.7 Å². The van der Waals surface area contributed by atoms with Gasteiger partial charge in [0.15, 0.2) is 0 Å². The molecule has 0 amide bonds. The molecule has 0 radical (unpaired) electrons. The van der Waals surface area contributed by atoms with Crippen LogP contribution in [0.5, 0.6) is 5.75 Å². The maximum Gasteiger partial charge on any atom is 0.310 e. The van der Waals surface area contributed by atoms with Crippen LogP contribution in [0, 0.1) is 12.8 Å². The van der Waals surface area contributed by atoms with Crippen LogP contribution >= 0.6 is 0 Å². The average Bonchev–Trinajstić information content (AvgIpc) is 3.30. The first-order valence-electron chi connectivity index (χ1n) is 11.3. The molecule has 7 nitrogen and oxygen atoms in total. The van der Waals surface area contributed by atoms with Crippen molar-refractivity contribution < 1.29 is 18.7 Å². The lowest BCUT2D eigenvalue weighted by Crippen LogP contribution is -2.33. The van der Waals surface area contributed by atoms with Gasteiger partial charge in [-0.3, -0.25) is 9.36 Å². The number of hydrogen-bond donors (Lipinski definition) is 1. The minimum atomic E-state index is -0.958. The molecule has 8 heteroatoms. The predicted molar refractivity (Wildman–Crippen MR) is 130 cm³/mol. The standard InChI is InChI=1S/C26H33FN4O3/c1-18-8-6-7-9-23(18)31-13-12-29-24(31)21-11-10-20(16-22(21)26(3,4)30(5)27)33-14-15-34-25(32)19(2)17-28/h6-13,16,19H,14-15,17,28H2,1-5H3. The minimum Gasteiger partial charge on any atom is -0.490 e. The van der Waals surface area contributed by atoms with Crippen molar-refractivity contribution in [3.63, 3.8) is 0 Å². The molecule has 1 atom stereocenters. The number of hydrogen-bond acceptors (Lipinski definition) is 6. The molecule has 34 heavy (non-hydrogen) atoms. The van der Waals surface area contributed by atoms with Crippen LogP contribution in [0.2, 0.25) is 0 Å². The molecule has 0 bridgehead atoms. The number of aromatic nitrogens is 2. The number of carbonyl (C=O) groups excluding carboxylic acids is 1. The topological polar surface area (TPSA) is 82.6 Å². The van der Waals surface area contributed by atoms with Gasteiger partial charge in [0.2, 0.25) is 0 Å². The molecule has 0 spiro atoms. The lowest BCUT2D eigenvalue weighted by Gasteiger charge is -2.31. The normalized spacial score (nSPS) is 12.6. The van der Waals surface area contributed by atoms with Crippen LogP contribution in [-0.2, 0) is 15.1 Å². The molecule has 0 fully saturated rings. The first kappa shape index (κ1) is 25.4. The predicted octanol–water partition coefficient (Wildman–Crippen LogP) is 4.42. The van der Waals surface area contributed by atoms with E-state index in [9.17, 15) is 9.28 Å². The Morgan fingerprint density at radius 3 is 2.65 bits per heavy atom. The zero-order valence-electron chi connectivity index (χ0n) is 20.4. The summed E-state index contributed by atoms with van der Waals surface area (Å²) in [6.45, 7) is 7.85. The fourth-order valence-corrected chi connectivity index (χ4v) is 3.55. The van der Waals surface area contributed by atoms with Crippen LogP contribution in [0.15, 0.2) is 54.9 Å². The zero-order valence-corrected chi connectivity index (χ0v) is 20.4. The Labute approximate surface area is 200 Å². The molecule has 2 N–H and O–H groups in total. The molecule has 0 saturated carbocycles. The van der Waals surface area contributed by atoms with Gasteiger partial charge in [-0.25, -0.2) is 4.98 Å². The Morgan fingerprint density at radius 2 is 1.97 bits per heavy atom. The number of rotatable bonds is 10. The van der Waals surface area contributed by atoms with Crippen LogP contribution < -0.4 is 10.5 Å². The van der Waals surface area contributed by atoms with Gasteiger partial charge in [0.25, 0.3) is 0 Å². The maximum absolute atomic E-state index is 14.6. The van der Waals surface area contributed by atoms with E-state index in [4.69, 9.17) is 15.2 Å². The number of aryl methyl sites for hydroxylation is 1. The molecule has 1 unspecified atom stereocenters. The van der Waals surface area contributed by atoms with Crippen molar-refractivity contribution in [1.29, 1.82) is 0 Å². The summed E-state index contributed by atoms with van der Waals surface area (Å²) in [4.78, 5) is 16.4. The average molecular weight is 469 g/mol. The van der Waals surface area contributed by atoms with E-state index < -0.39 is 5.54 Å². The first-order valence-corrected chi connectivity index (χ1v) is 11.3. The summed E-state index contributed by atoms with van der Waals surface area (Å²) in [6.07, 6.45) is 3.63. The van der Waals surface area contributed by atoms with Gasteiger partial charge in [-0.2, -0.15) is 0 Å². The SMILES string of the molecule is Cc1ccccc1-n1ccnc1-c1ccc(OCCOC(=O)C(C)CN)cc1C(C)(C)N(C)F. The summed E-state index contributed by atoms with van der Waals surface area (Å²) < 4.78 is 27.6. The Morgan fingerprint density at radius 1 is 1.24 bits per heavy atom. The first-order chi connectivity index (χ1) is 16.2. The molecule has 0 aliphatic carbocycles. The van der Waals surface area contributed by atoms with Crippen molar-refractivity contribution in [2.75, 3.05) is 26.8 Å². The highest BCUT2D eigenvalue weighted by molar-refractivity contribution is 5.72. The third-order valence-corrected chi connectivity index (χ3v) is 6.03. The molecule has 182 valence electrons. The Bertz CT molecular complexity index is 1130. The number of ether oxygens (including phenoxy) is 2. The van der Waals surface area contributed by atoms with Gasteiger partial charge >= 0.3 is 5.97 Å². The lowest BCUT2D eigenvalue weighted by molar-refractivity contribution is -0.148. The summed E-state index contributed by atoms with van der Waals surface area (Å²) in [6, 6.07) is 13.5. The summed E-state index contributed by atoms with van der Waals surface area (Å²) in [5.41, 5.74) is 8.13. The number of nitrogens with two attached hydrogens (primary N) is 1. The zero-order chi connectivity index (χ0) is 24.9. The second-order valence-electron chi connectivity index (χ2n) is 8.80. The van der Waals surface area contributed by atoms with E-state index in [1.807, 2.05) is 60.2 Å². The van der Waals surface area contributed by atoms with E-state index in [0.29, 0.717) is 22.3 Å². The van der Waals surface area contributed by atoms with E-state index in [-0.39, 0.29) is 31.6 Å². The van der Waals surface area contributed by atoms with Crippen molar-refractivity contribution in [3.8, 4) is 22.8 Å². The molecule has 1 heterocycles. The highest BCUT2D eigenvalue weighted by atomic mass is 19.2. The van der Waals surface area contributed by atoms with Gasteiger partial charge in [0.1, 0.15) is 24.8 Å². The van der Waals surface area contributed by atoms with E-state index in [2.05, 4.69) is 4.98 Å². The van der Waals surface area contributed by atoms with Crippen LogP contribution in [0.25, 0.3) is 17.1 Å². The maximum atomic E-state index is 14.6. The van der Waals surface area contributed by atoms with Crippen LogP contribution in [0.3, 0.4) is 0 Å². The quantitative estimate of drug-likeness (QED) is 0.270. The molecule has 0 aliphatic rings. The minimum absolute atomic E-state index is 0.102. The van der Waals surface area contributed by atoms with Crippen molar-refractivity contribution in [3.05, 3.63) is 66.0 Å². The van der Waals surface area contributed by atoms with Crippen molar-refractivity contribution in [2.24, 2.45) is 11.7 Å². The van der Waals surface area contributed by atoms with Crippen LogP contribution in [0.1, 0.15) is 31.9 Å². The number of benzene rings is 2. The van der Waals surface area contributed by atoms with Crippen LogP contribution in [-0.4, -0.2) is 47.4 Å². The fraction of sp³-hybridized carbons (Fsp3) is 0.385. The van der Waals surface area contributed by atoms with E-state index >= 15 is 0 Å². The molecule has 1 aromatic heterocycles. The van der Waals surface area contributed by atoms with Gasteiger partial charge in [-0.15, -0.1) is 9.60 Å². The van der Waals surface area contributed by atoms with E-state index in [0.717, 1.165) is 16.8 Å². The van der Waals surface area contributed by atoms with Gasteiger partial charge in [0, 0.05) is 37.2 Å². The van der Waals surface area contributed by atoms with Crippen molar-refractivity contribution in [2.45, 2.75) is 33.2 Å². The molecular formula is C26H33FN4O3. The Kier molecular flexibility index (Phi) is 8.06. The molecular weight excluding hydrogens is 435 g/mol. The monoisotopic (exact) mass is 468 g/mol. The number of imidazole rings is 1. The van der Waals surface area contributed by atoms with E-state index in [1.165, 1.54) is 7.05 Å². The lowest BCUT2D eigenvalue weighted by atomic mass is 9.89. The van der Waals surface area contributed by atoms with Gasteiger partial charge in [-0.1, -0.05) is 25.1 Å². The fourth-order valence-electron chi connectivity index (χ4n) is 3.55. The second kappa shape index (κ2) is 10.8. The van der Waals surface area contributed by atoms with Gasteiger partial charge in [0.05, 0.1) is 11.5 Å². The number of carbonyl (C=O) groups is 1. The summed E-state index contributed by atoms with van der Waals surface area (Å²) in [7, 11) is 1.39. The van der Waals surface area contributed by atoms with Crippen LogP contribution in [0.4, 0.5) is 4.48 Å². The van der Waals surface area contributed by atoms with Gasteiger partial charge in [-0.05, 0) is 56.2 Å². The third-order valence-electron chi connectivity index (χ3n) is 6.03.